The van der Waals surface area contributed by atoms with E-state index in [1.54, 1.807) is 6.07 Å². The molecule has 0 aliphatic heterocycles. The zero-order chi connectivity index (χ0) is 14.7. The zero-order valence-corrected chi connectivity index (χ0v) is 10.1. The van der Waals surface area contributed by atoms with E-state index in [1.807, 2.05) is 5.32 Å². The third-order valence-electron chi connectivity index (χ3n) is 2.89. The minimum atomic E-state index is -1.51. The van der Waals surface area contributed by atoms with Gasteiger partial charge in [-0.15, -0.1) is 0 Å². The van der Waals surface area contributed by atoms with Crippen molar-refractivity contribution >= 4 is 28.9 Å². The molecule has 104 valence electrons. The summed E-state index contributed by atoms with van der Waals surface area (Å²) in [5.41, 5.74) is 0.633. The van der Waals surface area contributed by atoms with Crippen LogP contribution in [0.3, 0.4) is 0 Å². The van der Waals surface area contributed by atoms with Gasteiger partial charge in [0.2, 0.25) is 6.41 Å². The number of amides is 1. The number of carboxylic acids is 1. The van der Waals surface area contributed by atoms with Crippen LogP contribution in [0.1, 0.15) is 5.56 Å². The van der Waals surface area contributed by atoms with Crippen LogP contribution in [0.25, 0.3) is 16.5 Å². The Bertz CT molecular complexity index is 693. The van der Waals surface area contributed by atoms with E-state index >= 15 is 0 Å². The molecule has 0 aliphatic rings. The van der Waals surface area contributed by atoms with Crippen LogP contribution in [-0.2, 0) is 9.59 Å². The van der Waals surface area contributed by atoms with Crippen molar-refractivity contribution in [3.63, 3.8) is 0 Å². The van der Waals surface area contributed by atoms with Crippen molar-refractivity contribution in [2.75, 3.05) is 0 Å². The quantitative estimate of drug-likeness (QED) is 0.620. The van der Waals surface area contributed by atoms with Crippen molar-refractivity contribution < 1.29 is 24.2 Å². The molecule has 0 aliphatic carbocycles. The molecule has 1 aromatic heterocycles. The third kappa shape index (κ3) is 2.33. The van der Waals surface area contributed by atoms with E-state index in [9.17, 15) is 19.1 Å². The lowest BCUT2D eigenvalue weighted by Crippen LogP contribution is -2.36. The Labute approximate surface area is 112 Å². The van der Waals surface area contributed by atoms with Crippen molar-refractivity contribution in [2.45, 2.75) is 6.04 Å². The Kier molecular flexibility index (Phi) is 3.69. The molecule has 0 bridgehead atoms. The Morgan fingerprint density at radius 2 is 2.20 bits per heavy atom. The van der Waals surface area contributed by atoms with Gasteiger partial charge in [0.05, 0.1) is 6.33 Å². The van der Waals surface area contributed by atoms with Gasteiger partial charge in [0, 0.05) is 28.2 Å². The summed E-state index contributed by atoms with van der Waals surface area (Å²) in [6.07, 6.45) is 1.73. The molecule has 0 saturated carbocycles. The number of hydrogen-bond acceptors (Lipinski definition) is 3. The van der Waals surface area contributed by atoms with Gasteiger partial charge >= 0.3 is 5.97 Å². The van der Waals surface area contributed by atoms with Crippen molar-refractivity contribution in [2.24, 2.45) is 0 Å². The van der Waals surface area contributed by atoms with E-state index in [0.717, 1.165) is 0 Å². The second kappa shape index (κ2) is 5.43. The molecule has 1 atom stereocenters. The summed E-state index contributed by atoms with van der Waals surface area (Å²) in [6.45, 7) is 0. The molecule has 2 rings (SSSR count). The summed E-state index contributed by atoms with van der Waals surface area (Å²) in [5, 5.41) is 21.0. The summed E-state index contributed by atoms with van der Waals surface area (Å²) in [5.74, 6) is -1.43. The molecule has 1 aromatic carbocycles. The number of carboxylic acid groups (broad SMARTS) is 1. The molecule has 0 radical (unpaired) electrons. The first-order chi connectivity index (χ1) is 9.58. The highest BCUT2D eigenvalue weighted by molar-refractivity contribution is 6.00. The van der Waals surface area contributed by atoms with Gasteiger partial charge < -0.3 is 20.5 Å². The number of carbonyl (C=O) groups is 2. The molecule has 7 heteroatoms. The van der Waals surface area contributed by atoms with E-state index in [4.69, 9.17) is 5.11 Å². The maximum atomic E-state index is 13.1. The predicted octanol–water partition coefficient (Wildman–Crippen LogP) is 1.38. The van der Waals surface area contributed by atoms with Crippen LogP contribution < -0.4 is 5.32 Å². The SMILES string of the molecule is O=CNC(C(=O)O)C(=CF)c1c[nH]c2ccc(O)cc12. The number of fused-ring (bicyclic) bond motifs is 1. The van der Waals surface area contributed by atoms with Gasteiger partial charge in [0.15, 0.2) is 6.04 Å². The Balaban J connectivity index is 2.57. The summed E-state index contributed by atoms with van der Waals surface area (Å²) < 4.78 is 13.1. The number of aromatic nitrogens is 1. The molecule has 2 aromatic rings. The highest BCUT2D eigenvalue weighted by Gasteiger charge is 2.25. The number of halogens is 1. The van der Waals surface area contributed by atoms with Crippen molar-refractivity contribution in [3.05, 3.63) is 36.3 Å². The molecule has 0 fully saturated rings. The average molecular weight is 278 g/mol. The number of phenols is 1. The van der Waals surface area contributed by atoms with Gasteiger partial charge in [-0.25, -0.2) is 9.18 Å². The lowest BCUT2D eigenvalue weighted by molar-refractivity contribution is -0.138. The second-order valence-corrected chi connectivity index (χ2v) is 4.05. The lowest BCUT2D eigenvalue weighted by Gasteiger charge is -2.13. The highest BCUT2D eigenvalue weighted by atomic mass is 19.1. The third-order valence-corrected chi connectivity index (χ3v) is 2.89. The van der Waals surface area contributed by atoms with Crippen LogP contribution in [0.4, 0.5) is 4.39 Å². The molecule has 4 N–H and O–H groups in total. The molecule has 1 amide bonds. The number of carbonyl (C=O) groups excluding carboxylic acids is 1. The van der Waals surface area contributed by atoms with E-state index in [0.29, 0.717) is 10.9 Å². The fourth-order valence-electron chi connectivity index (χ4n) is 1.99. The number of aromatic hydroxyl groups is 1. The number of hydrogen-bond donors (Lipinski definition) is 4. The maximum Gasteiger partial charge on any atom is 0.331 e. The number of benzene rings is 1. The average Bonchev–Trinajstić information content (AvgIpc) is 2.81. The number of nitrogens with one attached hydrogen (secondary N) is 2. The van der Waals surface area contributed by atoms with Gasteiger partial charge in [-0.2, -0.15) is 0 Å². The van der Waals surface area contributed by atoms with Crippen molar-refractivity contribution in [3.8, 4) is 5.75 Å². The molecule has 1 heterocycles. The smallest absolute Gasteiger partial charge is 0.331 e. The van der Waals surface area contributed by atoms with Crippen LogP contribution in [0.15, 0.2) is 30.7 Å². The van der Waals surface area contributed by atoms with E-state index in [1.165, 1.54) is 18.3 Å². The van der Waals surface area contributed by atoms with Crippen LogP contribution in [-0.4, -0.2) is 33.6 Å². The molecular formula is C13H11FN2O4. The minimum absolute atomic E-state index is 0.0354. The van der Waals surface area contributed by atoms with Gasteiger partial charge in [-0.05, 0) is 18.2 Å². The van der Waals surface area contributed by atoms with Gasteiger partial charge in [-0.3, -0.25) is 4.79 Å². The number of H-pyrrole nitrogens is 1. The molecule has 1 unspecified atom stereocenters. The zero-order valence-electron chi connectivity index (χ0n) is 10.1. The Morgan fingerprint density at radius 1 is 1.45 bits per heavy atom. The van der Waals surface area contributed by atoms with Crippen molar-refractivity contribution in [1.82, 2.24) is 10.3 Å². The number of rotatable bonds is 5. The largest absolute Gasteiger partial charge is 0.508 e. The van der Waals surface area contributed by atoms with E-state index in [-0.39, 0.29) is 29.6 Å². The Hall–Kier alpha value is -2.83. The first kappa shape index (κ1) is 13.6. The first-order valence-electron chi connectivity index (χ1n) is 5.61. The van der Waals surface area contributed by atoms with Gasteiger partial charge in [0.1, 0.15) is 5.75 Å². The fourth-order valence-corrected chi connectivity index (χ4v) is 1.99. The van der Waals surface area contributed by atoms with Crippen LogP contribution >= 0.6 is 0 Å². The molecular weight excluding hydrogens is 267 g/mol. The normalized spacial score (nSPS) is 13.2. The minimum Gasteiger partial charge on any atom is -0.508 e. The molecule has 6 nitrogen and oxygen atoms in total. The monoisotopic (exact) mass is 278 g/mol. The topological polar surface area (TPSA) is 102 Å². The lowest BCUT2D eigenvalue weighted by atomic mass is 9.99. The summed E-state index contributed by atoms with van der Waals surface area (Å²) in [7, 11) is 0. The summed E-state index contributed by atoms with van der Waals surface area (Å²) in [4.78, 5) is 24.4. The van der Waals surface area contributed by atoms with Crippen LogP contribution in [0, 0.1) is 0 Å². The standard InChI is InChI=1S/C13H11FN2O4/c14-4-9(12(13(19)20)16-6-17)10-5-15-11-2-1-7(18)3-8(10)11/h1-6,12,15,18H,(H,16,17)(H,19,20). The summed E-state index contributed by atoms with van der Waals surface area (Å²) in [6, 6.07) is 2.89. The number of aliphatic carboxylic acids is 1. The Morgan fingerprint density at radius 3 is 2.80 bits per heavy atom. The highest BCUT2D eigenvalue weighted by Crippen LogP contribution is 2.30. The van der Waals surface area contributed by atoms with Crippen LogP contribution in [0.2, 0.25) is 0 Å². The number of phenolic OH excluding ortho intramolecular Hbond substituents is 1. The van der Waals surface area contributed by atoms with Gasteiger partial charge in [-0.1, -0.05) is 0 Å². The predicted molar refractivity (Wildman–Crippen MR) is 69.7 cm³/mol. The molecule has 20 heavy (non-hydrogen) atoms. The van der Waals surface area contributed by atoms with Crippen molar-refractivity contribution in [1.29, 1.82) is 0 Å². The van der Waals surface area contributed by atoms with E-state index in [2.05, 4.69) is 4.98 Å². The van der Waals surface area contributed by atoms with E-state index < -0.39 is 12.0 Å². The molecule has 0 saturated heterocycles. The molecule has 0 spiro atoms. The maximum absolute atomic E-state index is 13.1. The number of aromatic amines is 1. The summed E-state index contributed by atoms with van der Waals surface area (Å²) >= 11 is 0. The second-order valence-electron chi connectivity index (χ2n) is 4.05. The fraction of sp³-hybridized carbons (Fsp3) is 0.0769. The van der Waals surface area contributed by atoms with Gasteiger partial charge in [0.25, 0.3) is 0 Å². The van der Waals surface area contributed by atoms with Crippen LogP contribution in [0.5, 0.6) is 5.75 Å². The first-order valence-corrected chi connectivity index (χ1v) is 5.61.